The van der Waals surface area contributed by atoms with Crippen LogP contribution in [0.4, 0.5) is 0 Å². The Balaban J connectivity index is 2.39. The molecule has 1 rings (SSSR count). The third kappa shape index (κ3) is 3.93. The van der Waals surface area contributed by atoms with Crippen molar-refractivity contribution in [3.63, 3.8) is 0 Å². The Kier molecular flexibility index (Phi) is 4.68. The monoisotopic (exact) mass is 191 g/mol. The highest BCUT2D eigenvalue weighted by Gasteiger charge is 1.98. The smallest absolute Gasteiger partial charge is 0.0230 e. The van der Waals surface area contributed by atoms with Crippen molar-refractivity contribution in [3.05, 3.63) is 35.4 Å². The lowest BCUT2D eigenvalue weighted by atomic mass is 10.1. The second-order valence-corrected chi connectivity index (χ2v) is 4.08. The fraction of sp³-hybridized carbons (Fsp3) is 0.538. The van der Waals surface area contributed by atoms with Crippen molar-refractivity contribution in [2.24, 2.45) is 0 Å². The van der Waals surface area contributed by atoms with Crippen molar-refractivity contribution in [2.75, 3.05) is 13.6 Å². The Morgan fingerprint density at radius 3 is 2.36 bits per heavy atom. The summed E-state index contributed by atoms with van der Waals surface area (Å²) in [7, 11) is 2.19. The molecule has 0 bridgehead atoms. The highest BCUT2D eigenvalue weighted by atomic mass is 15.1. The van der Waals surface area contributed by atoms with Crippen molar-refractivity contribution in [1.82, 2.24) is 4.90 Å². The molecule has 0 unspecified atom stereocenters. The fourth-order valence-electron chi connectivity index (χ4n) is 1.51. The first-order valence-corrected chi connectivity index (χ1v) is 5.46. The van der Waals surface area contributed by atoms with Gasteiger partial charge >= 0.3 is 0 Å². The van der Waals surface area contributed by atoms with Gasteiger partial charge in [-0.2, -0.15) is 0 Å². The minimum atomic E-state index is 1.07. The SMILES string of the molecule is CCCCN(C)Cc1ccc(C)cc1. The number of aryl methyl sites for hydroxylation is 1. The molecule has 78 valence electrons. The second kappa shape index (κ2) is 5.82. The largest absolute Gasteiger partial charge is 0.302 e. The van der Waals surface area contributed by atoms with Gasteiger partial charge < -0.3 is 4.90 Å². The Morgan fingerprint density at radius 2 is 1.79 bits per heavy atom. The zero-order valence-electron chi connectivity index (χ0n) is 9.59. The molecule has 0 aliphatic carbocycles. The van der Waals surface area contributed by atoms with E-state index in [1.165, 1.54) is 30.5 Å². The van der Waals surface area contributed by atoms with Crippen LogP contribution in [0.15, 0.2) is 24.3 Å². The fourth-order valence-corrected chi connectivity index (χ4v) is 1.51. The average Bonchev–Trinajstić information content (AvgIpc) is 2.18. The molecule has 0 radical (unpaired) electrons. The quantitative estimate of drug-likeness (QED) is 0.690. The number of rotatable bonds is 5. The third-order valence-corrected chi connectivity index (χ3v) is 2.47. The first kappa shape index (κ1) is 11.3. The maximum Gasteiger partial charge on any atom is 0.0230 e. The molecule has 0 aliphatic rings. The molecule has 1 aromatic carbocycles. The average molecular weight is 191 g/mol. The Hall–Kier alpha value is -0.820. The summed E-state index contributed by atoms with van der Waals surface area (Å²) in [6, 6.07) is 8.81. The van der Waals surface area contributed by atoms with Crippen LogP contribution in [-0.2, 0) is 6.54 Å². The second-order valence-electron chi connectivity index (χ2n) is 4.08. The van der Waals surface area contributed by atoms with Crippen LogP contribution in [0, 0.1) is 6.92 Å². The Bertz CT molecular complexity index is 250. The van der Waals surface area contributed by atoms with Gasteiger partial charge in [0.05, 0.1) is 0 Å². The summed E-state index contributed by atoms with van der Waals surface area (Å²) in [4.78, 5) is 2.38. The van der Waals surface area contributed by atoms with E-state index >= 15 is 0 Å². The highest BCUT2D eigenvalue weighted by Crippen LogP contribution is 2.06. The molecular formula is C13H21N. The standard InChI is InChI=1S/C13H21N/c1-4-5-10-14(3)11-13-8-6-12(2)7-9-13/h6-9H,4-5,10-11H2,1-3H3. The van der Waals surface area contributed by atoms with E-state index in [1.807, 2.05) is 0 Å². The zero-order valence-corrected chi connectivity index (χ0v) is 9.59. The summed E-state index contributed by atoms with van der Waals surface area (Å²) < 4.78 is 0. The summed E-state index contributed by atoms with van der Waals surface area (Å²) in [5, 5.41) is 0. The van der Waals surface area contributed by atoms with Crippen LogP contribution in [0.1, 0.15) is 30.9 Å². The number of unbranched alkanes of at least 4 members (excludes halogenated alkanes) is 1. The summed E-state index contributed by atoms with van der Waals surface area (Å²) in [5.41, 5.74) is 2.75. The molecule has 1 aromatic rings. The molecule has 0 spiro atoms. The lowest BCUT2D eigenvalue weighted by molar-refractivity contribution is 0.321. The maximum absolute atomic E-state index is 2.38. The van der Waals surface area contributed by atoms with E-state index in [0.29, 0.717) is 0 Å². The van der Waals surface area contributed by atoms with Crippen LogP contribution < -0.4 is 0 Å². The van der Waals surface area contributed by atoms with Gasteiger partial charge in [-0.1, -0.05) is 43.2 Å². The van der Waals surface area contributed by atoms with Gasteiger partial charge in [-0.3, -0.25) is 0 Å². The van der Waals surface area contributed by atoms with E-state index in [1.54, 1.807) is 0 Å². The van der Waals surface area contributed by atoms with Gasteiger partial charge in [0.25, 0.3) is 0 Å². The van der Waals surface area contributed by atoms with Crippen molar-refractivity contribution >= 4 is 0 Å². The summed E-state index contributed by atoms with van der Waals surface area (Å²) in [6.07, 6.45) is 2.57. The van der Waals surface area contributed by atoms with Crippen LogP contribution in [0.3, 0.4) is 0 Å². The highest BCUT2D eigenvalue weighted by molar-refractivity contribution is 5.21. The van der Waals surface area contributed by atoms with Crippen molar-refractivity contribution in [3.8, 4) is 0 Å². The molecule has 0 amide bonds. The van der Waals surface area contributed by atoms with Gasteiger partial charge in [0, 0.05) is 6.54 Å². The first-order valence-electron chi connectivity index (χ1n) is 5.46. The summed E-state index contributed by atoms with van der Waals surface area (Å²) >= 11 is 0. The van der Waals surface area contributed by atoms with Gasteiger partial charge in [-0.25, -0.2) is 0 Å². The predicted octanol–water partition coefficient (Wildman–Crippen LogP) is 3.23. The van der Waals surface area contributed by atoms with Gasteiger partial charge in [0.1, 0.15) is 0 Å². The Labute approximate surface area is 87.7 Å². The van der Waals surface area contributed by atoms with E-state index in [0.717, 1.165) is 6.54 Å². The number of nitrogens with zero attached hydrogens (tertiary/aromatic N) is 1. The van der Waals surface area contributed by atoms with Crippen LogP contribution >= 0.6 is 0 Å². The lowest BCUT2D eigenvalue weighted by Gasteiger charge is -2.16. The number of benzene rings is 1. The molecule has 0 aromatic heterocycles. The predicted molar refractivity (Wildman–Crippen MR) is 62.4 cm³/mol. The molecule has 0 heterocycles. The van der Waals surface area contributed by atoms with Gasteiger partial charge in [-0.05, 0) is 32.5 Å². The normalized spacial score (nSPS) is 10.9. The van der Waals surface area contributed by atoms with Gasteiger partial charge in [-0.15, -0.1) is 0 Å². The van der Waals surface area contributed by atoms with E-state index < -0.39 is 0 Å². The molecule has 0 saturated heterocycles. The molecule has 14 heavy (non-hydrogen) atoms. The molecule has 0 aliphatic heterocycles. The van der Waals surface area contributed by atoms with Crippen LogP contribution in [0.5, 0.6) is 0 Å². The lowest BCUT2D eigenvalue weighted by Crippen LogP contribution is -2.18. The van der Waals surface area contributed by atoms with Crippen molar-refractivity contribution < 1.29 is 0 Å². The van der Waals surface area contributed by atoms with E-state index in [4.69, 9.17) is 0 Å². The number of hydrogen-bond acceptors (Lipinski definition) is 1. The van der Waals surface area contributed by atoms with Crippen molar-refractivity contribution in [2.45, 2.75) is 33.2 Å². The van der Waals surface area contributed by atoms with Crippen LogP contribution in [-0.4, -0.2) is 18.5 Å². The minimum Gasteiger partial charge on any atom is -0.302 e. The Morgan fingerprint density at radius 1 is 1.14 bits per heavy atom. The molecule has 0 N–H and O–H groups in total. The van der Waals surface area contributed by atoms with Crippen LogP contribution in [0.2, 0.25) is 0 Å². The molecule has 0 saturated carbocycles. The van der Waals surface area contributed by atoms with E-state index in [9.17, 15) is 0 Å². The zero-order chi connectivity index (χ0) is 10.4. The molecule has 0 fully saturated rings. The molecule has 1 heteroatoms. The van der Waals surface area contributed by atoms with E-state index in [2.05, 4.69) is 50.1 Å². The van der Waals surface area contributed by atoms with E-state index in [-0.39, 0.29) is 0 Å². The van der Waals surface area contributed by atoms with Gasteiger partial charge in [0.2, 0.25) is 0 Å². The van der Waals surface area contributed by atoms with Gasteiger partial charge in [0.15, 0.2) is 0 Å². The summed E-state index contributed by atoms with van der Waals surface area (Å²) in [6.45, 7) is 6.63. The minimum absolute atomic E-state index is 1.07. The van der Waals surface area contributed by atoms with Crippen LogP contribution in [0.25, 0.3) is 0 Å². The maximum atomic E-state index is 2.38. The molecule has 1 nitrogen and oxygen atoms in total. The first-order chi connectivity index (χ1) is 6.72. The summed E-state index contributed by atoms with van der Waals surface area (Å²) in [5.74, 6) is 0. The van der Waals surface area contributed by atoms with Crippen molar-refractivity contribution in [1.29, 1.82) is 0 Å². The molecule has 0 atom stereocenters. The molecular weight excluding hydrogens is 170 g/mol. The third-order valence-electron chi connectivity index (χ3n) is 2.47. The number of hydrogen-bond donors (Lipinski definition) is 0. The topological polar surface area (TPSA) is 3.24 Å².